The van der Waals surface area contributed by atoms with E-state index in [0.717, 1.165) is 19.4 Å². The Hall–Kier alpha value is -0.570. The normalized spacial score (nSPS) is 40.1. The Morgan fingerprint density at radius 1 is 1.36 bits per heavy atom. The first-order valence-electron chi connectivity index (χ1n) is 5.63. The Morgan fingerprint density at radius 3 is 2.64 bits per heavy atom. The van der Waals surface area contributed by atoms with Crippen molar-refractivity contribution in [1.29, 1.82) is 0 Å². The van der Waals surface area contributed by atoms with Crippen LogP contribution in [-0.4, -0.2) is 19.1 Å². The standard InChI is InChI=1S/C11H19NO2/c1-2-14-11(13)10-5-7-3-8(10)4-9(7)6-12/h7-10H,2-6,12H2,1H3. The zero-order valence-corrected chi connectivity index (χ0v) is 8.74. The molecule has 2 aliphatic carbocycles. The smallest absolute Gasteiger partial charge is 0.309 e. The molecule has 2 aliphatic rings. The van der Waals surface area contributed by atoms with Crippen molar-refractivity contribution in [2.24, 2.45) is 29.4 Å². The second kappa shape index (κ2) is 3.89. The van der Waals surface area contributed by atoms with Gasteiger partial charge in [0, 0.05) is 0 Å². The van der Waals surface area contributed by atoms with Gasteiger partial charge in [-0.3, -0.25) is 4.79 Å². The minimum atomic E-state index is 0.0236. The van der Waals surface area contributed by atoms with Gasteiger partial charge in [-0.1, -0.05) is 0 Å². The van der Waals surface area contributed by atoms with Gasteiger partial charge in [0.25, 0.3) is 0 Å². The molecule has 0 aromatic heterocycles. The molecule has 2 bridgehead atoms. The lowest BCUT2D eigenvalue weighted by atomic mass is 9.82. The quantitative estimate of drug-likeness (QED) is 0.691. The highest BCUT2D eigenvalue weighted by Gasteiger charge is 2.48. The molecule has 14 heavy (non-hydrogen) atoms. The third-order valence-electron chi connectivity index (χ3n) is 3.90. The Bertz CT molecular complexity index is 229. The summed E-state index contributed by atoms with van der Waals surface area (Å²) in [6, 6.07) is 0. The van der Waals surface area contributed by atoms with Crippen molar-refractivity contribution >= 4 is 5.97 Å². The first-order valence-corrected chi connectivity index (χ1v) is 5.63. The molecule has 2 rings (SSSR count). The van der Waals surface area contributed by atoms with Crippen LogP contribution in [0.5, 0.6) is 0 Å². The first kappa shape index (κ1) is 9.97. The van der Waals surface area contributed by atoms with Crippen LogP contribution >= 0.6 is 0 Å². The predicted octanol–water partition coefficient (Wildman–Crippen LogP) is 1.17. The van der Waals surface area contributed by atoms with Gasteiger partial charge in [-0.15, -0.1) is 0 Å². The van der Waals surface area contributed by atoms with Crippen LogP contribution in [0.1, 0.15) is 26.2 Å². The molecule has 0 spiro atoms. The highest BCUT2D eigenvalue weighted by Crippen LogP contribution is 2.51. The van der Waals surface area contributed by atoms with E-state index in [4.69, 9.17) is 10.5 Å². The number of nitrogens with two attached hydrogens (primary N) is 1. The van der Waals surface area contributed by atoms with E-state index in [-0.39, 0.29) is 11.9 Å². The molecule has 0 heterocycles. The number of carbonyl (C=O) groups is 1. The summed E-state index contributed by atoms with van der Waals surface area (Å²) in [4.78, 5) is 11.6. The maximum absolute atomic E-state index is 11.6. The third-order valence-corrected chi connectivity index (χ3v) is 3.90. The van der Waals surface area contributed by atoms with Crippen LogP contribution in [-0.2, 0) is 9.53 Å². The molecule has 0 radical (unpaired) electrons. The fourth-order valence-electron chi connectivity index (χ4n) is 3.22. The van der Waals surface area contributed by atoms with Crippen LogP contribution in [0.15, 0.2) is 0 Å². The Balaban J connectivity index is 1.93. The summed E-state index contributed by atoms with van der Waals surface area (Å²) >= 11 is 0. The molecule has 3 heteroatoms. The summed E-state index contributed by atoms with van der Waals surface area (Å²) in [6.07, 6.45) is 3.36. The lowest BCUT2D eigenvalue weighted by molar-refractivity contribution is -0.150. The van der Waals surface area contributed by atoms with Crippen LogP contribution in [0, 0.1) is 23.7 Å². The number of fused-ring (bicyclic) bond motifs is 2. The van der Waals surface area contributed by atoms with E-state index in [2.05, 4.69) is 0 Å². The molecule has 4 unspecified atom stereocenters. The molecule has 2 saturated carbocycles. The van der Waals surface area contributed by atoms with E-state index in [0.29, 0.717) is 24.4 Å². The highest BCUT2D eigenvalue weighted by molar-refractivity contribution is 5.73. The summed E-state index contributed by atoms with van der Waals surface area (Å²) in [6.45, 7) is 3.16. The number of rotatable bonds is 3. The first-order chi connectivity index (χ1) is 6.76. The Morgan fingerprint density at radius 2 is 2.14 bits per heavy atom. The van der Waals surface area contributed by atoms with E-state index < -0.39 is 0 Å². The molecule has 4 atom stereocenters. The second-order valence-corrected chi connectivity index (χ2v) is 4.58. The topological polar surface area (TPSA) is 52.3 Å². The van der Waals surface area contributed by atoms with Gasteiger partial charge in [-0.25, -0.2) is 0 Å². The summed E-state index contributed by atoms with van der Waals surface area (Å²) < 4.78 is 5.08. The fraction of sp³-hybridized carbons (Fsp3) is 0.909. The van der Waals surface area contributed by atoms with Gasteiger partial charge in [-0.05, 0) is 50.5 Å². The van der Waals surface area contributed by atoms with Gasteiger partial charge in [0.2, 0.25) is 0 Å². The van der Waals surface area contributed by atoms with Crippen LogP contribution < -0.4 is 5.73 Å². The summed E-state index contributed by atoms with van der Waals surface area (Å²) in [5, 5.41) is 0. The van der Waals surface area contributed by atoms with Gasteiger partial charge >= 0.3 is 5.97 Å². The maximum Gasteiger partial charge on any atom is 0.309 e. The summed E-state index contributed by atoms with van der Waals surface area (Å²) in [5.41, 5.74) is 5.68. The van der Waals surface area contributed by atoms with Gasteiger partial charge < -0.3 is 10.5 Å². The number of carbonyl (C=O) groups excluding carboxylic acids is 1. The van der Waals surface area contributed by atoms with E-state index in [1.165, 1.54) is 6.42 Å². The van der Waals surface area contributed by atoms with E-state index in [1.807, 2.05) is 6.92 Å². The van der Waals surface area contributed by atoms with Crippen molar-refractivity contribution < 1.29 is 9.53 Å². The average Bonchev–Trinajstić information content (AvgIpc) is 2.75. The summed E-state index contributed by atoms with van der Waals surface area (Å²) in [7, 11) is 0. The lowest BCUT2D eigenvalue weighted by Gasteiger charge is -2.25. The molecule has 0 saturated heterocycles. The van der Waals surface area contributed by atoms with Gasteiger partial charge in [0.1, 0.15) is 0 Å². The van der Waals surface area contributed by atoms with Gasteiger partial charge in [-0.2, -0.15) is 0 Å². The molecular weight excluding hydrogens is 178 g/mol. The molecule has 0 aliphatic heterocycles. The molecule has 0 aromatic carbocycles. The number of ether oxygens (including phenoxy) is 1. The van der Waals surface area contributed by atoms with Gasteiger partial charge in [0.15, 0.2) is 0 Å². The van der Waals surface area contributed by atoms with Crippen molar-refractivity contribution in [2.45, 2.75) is 26.2 Å². The zero-order chi connectivity index (χ0) is 10.1. The second-order valence-electron chi connectivity index (χ2n) is 4.58. The van der Waals surface area contributed by atoms with E-state index in [9.17, 15) is 4.79 Å². The molecule has 80 valence electrons. The molecule has 2 fully saturated rings. The largest absolute Gasteiger partial charge is 0.466 e. The van der Waals surface area contributed by atoms with Crippen LogP contribution in [0.3, 0.4) is 0 Å². The highest BCUT2D eigenvalue weighted by atomic mass is 16.5. The van der Waals surface area contributed by atoms with Crippen LogP contribution in [0.2, 0.25) is 0 Å². The number of hydrogen-bond donors (Lipinski definition) is 1. The maximum atomic E-state index is 11.6. The van der Waals surface area contributed by atoms with Gasteiger partial charge in [0.05, 0.1) is 12.5 Å². The van der Waals surface area contributed by atoms with E-state index >= 15 is 0 Å². The van der Waals surface area contributed by atoms with Crippen molar-refractivity contribution in [3.63, 3.8) is 0 Å². The minimum Gasteiger partial charge on any atom is -0.466 e. The molecule has 0 aromatic rings. The molecule has 0 amide bonds. The fourth-order valence-corrected chi connectivity index (χ4v) is 3.22. The Labute approximate surface area is 85.0 Å². The van der Waals surface area contributed by atoms with Crippen molar-refractivity contribution in [2.75, 3.05) is 13.2 Å². The van der Waals surface area contributed by atoms with Crippen molar-refractivity contribution in [3.8, 4) is 0 Å². The van der Waals surface area contributed by atoms with Crippen LogP contribution in [0.25, 0.3) is 0 Å². The number of hydrogen-bond acceptors (Lipinski definition) is 3. The average molecular weight is 197 g/mol. The molecule has 3 nitrogen and oxygen atoms in total. The lowest BCUT2D eigenvalue weighted by Crippen LogP contribution is -2.29. The minimum absolute atomic E-state index is 0.0236. The molecule has 2 N–H and O–H groups in total. The number of esters is 1. The van der Waals surface area contributed by atoms with Crippen LogP contribution in [0.4, 0.5) is 0 Å². The SMILES string of the molecule is CCOC(=O)C1CC2CC1CC2CN. The van der Waals surface area contributed by atoms with Crippen molar-refractivity contribution in [1.82, 2.24) is 0 Å². The predicted molar refractivity (Wildman–Crippen MR) is 53.5 cm³/mol. The molecular formula is C11H19NO2. The van der Waals surface area contributed by atoms with Crippen molar-refractivity contribution in [3.05, 3.63) is 0 Å². The monoisotopic (exact) mass is 197 g/mol. The zero-order valence-electron chi connectivity index (χ0n) is 8.74. The Kier molecular flexibility index (Phi) is 2.77. The summed E-state index contributed by atoms with van der Waals surface area (Å²) in [5.74, 6) is 2.14. The van der Waals surface area contributed by atoms with E-state index in [1.54, 1.807) is 0 Å². The third kappa shape index (κ3) is 1.54.